The van der Waals surface area contributed by atoms with Gasteiger partial charge in [-0.25, -0.2) is 9.97 Å². The van der Waals surface area contributed by atoms with Gasteiger partial charge in [0.1, 0.15) is 5.82 Å². The van der Waals surface area contributed by atoms with Gasteiger partial charge in [-0.2, -0.15) is 0 Å². The lowest BCUT2D eigenvalue weighted by Crippen LogP contribution is -2.47. The minimum absolute atomic E-state index is 0.0558. The Morgan fingerprint density at radius 1 is 0.962 bits per heavy atom. The molecule has 1 aliphatic heterocycles. The molecule has 1 saturated heterocycles. The maximum atomic E-state index is 11.9. The van der Waals surface area contributed by atoms with E-state index < -0.39 is 0 Å². The van der Waals surface area contributed by atoms with Crippen LogP contribution in [-0.2, 0) is 0 Å². The van der Waals surface area contributed by atoms with E-state index in [4.69, 9.17) is 4.98 Å². The lowest BCUT2D eigenvalue weighted by Gasteiger charge is -2.35. The summed E-state index contributed by atoms with van der Waals surface area (Å²) in [5.74, 6) is 2.07. The summed E-state index contributed by atoms with van der Waals surface area (Å²) in [5.41, 5.74) is 2.70. The lowest BCUT2D eigenvalue weighted by atomic mass is 10.3. The fraction of sp³-hybridized carbons (Fsp3) is 0.368. The van der Waals surface area contributed by atoms with Crippen LogP contribution >= 0.6 is 0 Å². The molecular weight excluding hydrogens is 328 g/mol. The van der Waals surface area contributed by atoms with Crippen LogP contribution in [0.25, 0.3) is 11.0 Å². The number of piperazine rings is 1. The molecule has 1 N–H and O–H groups in total. The van der Waals surface area contributed by atoms with Gasteiger partial charge < -0.3 is 9.80 Å². The number of benzene rings is 1. The number of hydrogen-bond donors (Lipinski definition) is 1. The van der Waals surface area contributed by atoms with Gasteiger partial charge in [0.05, 0.1) is 22.9 Å². The van der Waals surface area contributed by atoms with Crippen LogP contribution in [0.4, 0.5) is 11.8 Å². The highest BCUT2D eigenvalue weighted by molar-refractivity contribution is 5.75. The van der Waals surface area contributed by atoms with Crippen molar-refractivity contribution in [2.75, 3.05) is 36.0 Å². The molecule has 3 heterocycles. The molecule has 1 aromatic carbocycles. The summed E-state index contributed by atoms with van der Waals surface area (Å²) < 4.78 is 0. The third-order valence-electron chi connectivity index (χ3n) is 5.08. The molecule has 132 valence electrons. The SMILES string of the molecule is O=c1cc(C2CC2)nc(N2CCN(c3cnc4ccccc4n3)CC2)[nH]1. The second-order valence-electron chi connectivity index (χ2n) is 6.96. The monoisotopic (exact) mass is 348 g/mol. The minimum Gasteiger partial charge on any atom is -0.352 e. The van der Waals surface area contributed by atoms with E-state index in [1.54, 1.807) is 6.07 Å². The van der Waals surface area contributed by atoms with Crippen molar-refractivity contribution in [2.24, 2.45) is 0 Å². The molecule has 3 aromatic rings. The van der Waals surface area contributed by atoms with E-state index in [2.05, 4.69) is 24.8 Å². The fourth-order valence-electron chi connectivity index (χ4n) is 3.45. The van der Waals surface area contributed by atoms with Gasteiger partial charge >= 0.3 is 0 Å². The molecule has 5 rings (SSSR count). The number of aromatic nitrogens is 4. The number of anilines is 2. The third kappa shape index (κ3) is 2.89. The fourth-order valence-corrected chi connectivity index (χ4v) is 3.45. The standard InChI is InChI=1S/C19H20N6O/c26-18-11-16(13-5-6-13)22-19(23-18)25-9-7-24(8-10-25)17-12-20-14-3-1-2-4-15(14)21-17/h1-4,11-13H,5-10H2,(H,22,23,26). The van der Waals surface area contributed by atoms with Crippen LogP contribution in [0.5, 0.6) is 0 Å². The van der Waals surface area contributed by atoms with Crippen molar-refractivity contribution < 1.29 is 0 Å². The largest absolute Gasteiger partial charge is 0.352 e. The van der Waals surface area contributed by atoms with Gasteiger partial charge in [0, 0.05) is 38.2 Å². The molecule has 7 heteroatoms. The molecule has 1 aliphatic carbocycles. The first-order valence-corrected chi connectivity index (χ1v) is 9.09. The molecule has 2 aliphatic rings. The molecule has 0 atom stereocenters. The normalized spacial score (nSPS) is 17.7. The number of nitrogens with one attached hydrogen (secondary N) is 1. The highest BCUT2D eigenvalue weighted by Crippen LogP contribution is 2.38. The van der Waals surface area contributed by atoms with Gasteiger partial charge in [0.25, 0.3) is 5.56 Å². The molecule has 7 nitrogen and oxygen atoms in total. The number of aromatic amines is 1. The van der Waals surface area contributed by atoms with Crippen molar-refractivity contribution in [1.29, 1.82) is 0 Å². The Hall–Kier alpha value is -2.96. The number of hydrogen-bond acceptors (Lipinski definition) is 6. The molecule has 26 heavy (non-hydrogen) atoms. The number of para-hydroxylation sites is 2. The third-order valence-corrected chi connectivity index (χ3v) is 5.08. The van der Waals surface area contributed by atoms with Crippen LogP contribution in [0.2, 0.25) is 0 Å². The van der Waals surface area contributed by atoms with Crippen molar-refractivity contribution >= 4 is 22.8 Å². The van der Waals surface area contributed by atoms with Gasteiger partial charge in [0.15, 0.2) is 0 Å². The van der Waals surface area contributed by atoms with Gasteiger partial charge in [-0.05, 0) is 25.0 Å². The van der Waals surface area contributed by atoms with Crippen LogP contribution in [0.15, 0.2) is 41.3 Å². The number of rotatable bonds is 3. The van der Waals surface area contributed by atoms with Gasteiger partial charge in [-0.3, -0.25) is 14.8 Å². The number of H-pyrrole nitrogens is 1. The van der Waals surface area contributed by atoms with Crippen molar-refractivity contribution in [3.8, 4) is 0 Å². The zero-order valence-electron chi connectivity index (χ0n) is 14.4. The molecule has 0 spiro atoms. The second kappa shape index (κ2) is 6.09. The molecule has 0 radical (unpaired) electrons. The van der Waals surface area contributed by atoms with Gasteiger partial charge in [-0.15, -0.1) is 0 Å². The smallest absolute Gasteiger partial charge is 0.252 e. The Bertz CT molecular complexity index is 1000. The molecule has 2 aromatic heterocycles. The van der Waals surface area contributed by atoms with Crippen LogP contribution in [0, 0.1) is 0 Å². The summed E-state index contributed by atoms with van der Waals surface area (Å²) in [5, 5.41) is 0. The molecule has 2 fully saturated rings. The number of fused-ring (bicyclic) bond motifs is 1. The van der Waals surface area contributed by atoms with E-state index in [0.717, 1.165) is 61.6 Å². The summed E-state index contributed by atoms with van der Waals surface area (Å²) in [6.45, 7) is 3.24. The Kier molecular flexibility index (Phi) is 3.58. The van der Waals surface area contributed by atoms with Crippen LogP contribution in [-0.4, -0.2) is 46.1 Å². The van der Waals surface area contributed by atoms with Crippen molar-refractivity contribution in [1.82, 2.24) is 19.9 Å². The lowest BCUT2D eigenvalue weighted by molar-refractivity contribution is 0.632. The summed E-state index contributed by atoms with van der Waals surface area (Å²) >= 11 is 0. The maximum absolute atomic E-state index is 11.9. The quantitative estimate of drug-likeness (QED) is 0.779. The first kappa shape index (κ1) is 15.3. The van der Waals surface area contributed by atoms with Crippen molar-refractivity contribution in [3.63, 3.8) is 0 Å². The summed E-state index contributed by atoms with van der Waals surface area (Å²) in [6.07, 6.45) is 4.13. The summed E-state index contributed by atoms with van der Waals surface area (Å²) in [4.78, 5) is 33.1. The summed E-state index contributed by atoms with van der Waals surface area (Å²) in [6, 6.07) is 9.55. The highest BCUT2D eigenvalue weighted by atomic mass is 16.1. The minimum atomic E-state index is -0.0558. The molecule has 1 saturated carbocycles. The first-order valence-electron chi connectivity index (χ1n) is 9.09. The van der Waals surface area contributed by atoms with Crippen LogP contribution in [0.1, 0.15) is 24.5 Å². The average molecular weight is 348 g/mol. The van der Waals surface area contributed by atoms with Crippen molar-refractivity contribution in [3.05, 3.63) is 52.6 Å². The zero-order valence-corrected chi connectivity index (χ0v) is 14.4. The Labute approximate surface area is 150 Å². The van der Waals surface area contributed by atoms with Crippen LogP contribution < -0.4 is 15.4 Å². The van der Waals surface area contributed by atoms with E-state index in [1.165, 1.54) is 0 Å². The van der Waals surface area contributed by atoms with Gasteiger partial charge in [0.2, 0.25) is 5.95 Å². The molecule has 0 bridgehead atoms. The molecule has 0 unspecified atom stereocenters. The first-order chi connectivity index (χ1) is 12.8. The van der Waals surface area contributed by atoms with Gasteiger partial charge in [-0.1, -0.05) is 12.1 Å². The highest BCUT2D eigenvalue weighted by Gasteiger charge is 2.27. The average Bonchev–Trinajstić information content (AvgIpc) is 3.53. The number of nitrogens with zero attached hydrogens (tertiary/aromatic N) is 5. The van der Waals surface area contributed by atoms with E-state index >= 15 is 0 Å². The topological polar surface area (TPSA) is 78.0 Å². The second-order valence-corrected chi connectivity index (χ2v) is 6.96. The van der Waals surface area contributed by atoms with E-state index in [1.807, 2.05) is 30.5 Å². The van der Waals surface area contributed by atoms with Crippen molar-refractivity contribution in [2.45, 2.75) is 18.8 Å². The predicted molar refractivity (Wildman–Crippen MR) is 101 cm³/mol. The Balaban J connectivity index is 1.33. The molecular formula is C19H20N6O. The van der Waals surface area contributed by atoms with E-state index in [-0.39, 0.29) is 5.56 Å². The van der Waals surface area contributed by atoms with Crippen LogP contribution in [0.3, 0.4) is 0 Å². The maximum Gasteiger partial charge on any atom is 0.252 e. The Morgan fingerprint density at radius 3 is 2.46 bits per heavy atom. The summed E-state index contributed by atoms with van der Waals surface area (Å²) in [7, 11) is 0. The predicted octanol–water partition coefficient (Wildman–Crippen LogP) is 1.92. The van der Waals surface area contributed by atoms with E-state index in [0.29, 0.717) is 11.9 Å². The van der Waals surface area contributed by atoms with E-state index in [9.17, 15) is 4.79 Å². The zero-order chi connectivity index (χ0) is 17.5. The molecule has 0 amide bonds. The Morgan fingerprint density at radius 2 is 1.69 bits per heavy atom.